The van der Waals surface area contributed by atoms with Crippen LogP contribution in [0.25, 0.3) is 0 Å². The van der Waals surface area contributed by atoms with Crippen LogP contribution in [-0.2, 0) is 0 Å². The summed E-state index contributed by atoms with van der Waals surface area (Å²) in [5.41, 5.74) is 0.175. The fourth-order valence-electron chi connectivity index (χ4n) is 2.18. The Balaban J connectivity index is 2.34. The molecular weight excluding hydrogens is 284 g/mol. The van der Waals surface area contributed by atoms with Crippen LogP contribution in [0.15, 0.2) is 18.3 Å². The number of fused-ring (bicyclic) bond motifs is 2. The molecule has 100 valence electrons. The molecule has 20 heavy (non-hydrogen) atoms. The number of carbonyl (C=O) groups excluding carboxylic acids is 2. The normalized spacial score (nSPS) is 13.1. The highest BCUT2D eigenvalue weighted by molar-refractivity contribution is 7.17. The SMILES string of the molecule is Cc1cc[n+]([O-])c2c1C(=O)c1sc([N+](=O)[O-])cc1C2=O. The van der Waals surface area contributed by atoms with Crippen LogP contribution < -0.4 is 4.73 Å². The van der Waals surface area contributed by atoms with Crippen molar-refractivity contribution in [3.8, 4) is 0 Å². The van der Waals surface area contributed by atoms with Gasteiger partial charge in [-0.25, -0.2) is 0 Å². The average molecular weight is 290 g/mol. The van der Waals surface area contributed by atoms with Crippen molar-refractivity contribution in [2.75, 3.05) is 0 Å². The van der Waals surface area contributed by atoms with Gasteiger partial charge in [0.05, 0.1) is 15.4 Å². The van der Waals surface area contributed by atoms with Crippen LogP contribution in [0, 0.1) is 22.2 Å². The van der Waals surface area contributed by atoms with Crippen LogP contribution >= 0.6 is 11.3 Å². The molecule has 8 heteroatoms. The summed E-state index contributed by atoms with van der Waals surface area (Å²) in [4.78, 5) is 34.7. The van der Waals surface area contributed by atoms with Gasteiger partial charge in [-0.1, -0.05) is 11.3 Å². The number of nitro groups is 1. The van der Waals surface area contributed by atoms with E-state index in [0.717, 1.165) is 12.3 Å². The maximum absolute atomic E-state index is 12.3. The number of ketones is 2. The quantitative estimate of drug-likeness (QED) is 0.291. The fraction of sp³-hybridized carbons (Fsp3) is 0.0833. The smallest absolute Gasteiger partial charge is 0.325 e. The zero-order valence-corrected chi connectivity index (χ0v) is 10.9. The Kier molecular flexibility index (Phi) is 2.45. The molecule has 0 spiro atoms. The summed E-state index contributed by atoms with van der Waals surface area (Å²) in [6.45, 7) is 1.61. The summed E-state index contributed by atoms with van der Waals surface area (Å²) < 4.78 is 0.328. The Morgan fingerprint density at radius 3 is 2.65 bits per heavy atom. The molecule has 0 radical (unpaired) electrons. The highest BCUT2D eigenvalue weighted by atomic mass is 32.1. The molecule has 0 fully saturated rings. The third-order valence-electron chi connectivity index (χ3n) is 3.10. The van der Waals surface area contributed by atoms with E-state index in [1.165, 1.54) is 6.07 Å². The zero-order valence-electron chi connectivity index (χ0n) is 10.1. The molecule has 0 N–H and O–H groups in total. The van der Waals surface area contributed by atoms with Gasteiger partial charge in [-0.05, 0) is 12.5 Å². The van der Waals surface area contributed by atoms with E-state index in [0.29, 0.717) is 21.6 Å². The third kappa shape index (κ3) is 1.48. The lowest BCUT2D eigenvalue weighted by molar-refractivity contribution is -0.607. The predicted molar refractivity (Wildman–Crippen MR) is 68.0 cm³/mol. The topological polar surface area (TPSA) is 104 Å². The minimum Gasteiger partial charge on any atom is -0.618 e. The van der Waals surface area contributed by atoms with Crippen LogP contribution in [0.5, 0.6) is 0 Å². The number of aryl methyl sites for hydroxylation is 1. The first-order valence-electron chi connectivity index (χ1n) is 5.52. The van der Waals surface area contributed by atoms with Crippen LogP contribution in [-0.4, -0.2) is 16.5 Å². The van der Waals surface area contributed by atoms with Crippen molar-refractivity contribution in [1.29, 1.82) is 0 Å². The number of hydrogen-bond donors (Lipinski definition) is 0. The molecule has 2 aromatic rings. The van der Waals surface area contributed by atoms with E-state index in [2.05, 4.69) is 0 Å². The van der Waals surface area contributed by atoms with E-state index >= 15 is 0 Å². The van der Waals surface area contributed by atoms with Gasteiger partial charge in [0.15, 0.2) is 6.20 Å². The van der Waals surface area contributed by atoms with Crippen molar-refractivity contribution in [2.24, 2.45) is 0 Å². The molecule has 0 amide bonds. The Morgan fingerprint density at radius 1 is 1.30 bits per heavy atom. The van der Waals surface area contributed by atoms with Gasteiger partial charge in [0.25, 0.3) is 11.5 Å². The molecule has 0 aromatic carbocycles. The Morgan fingerprint density at radius 2 is 2.00 bits per heavy atom. The number of hydrogen-bond acceptors (Lipinski definition) is 6. The first kappa shape index (κ1) is 12.4. The summed E-state index contributed by atoms with van der Waals surface area (Å²) in [5, 5.41) is 22.2. The highest BCUT2D eigenvalue weighted by Gasteiger charge is 2.40. The fourth-order valence-corrected chi connectivity index (χ4v) is 3.10. The van der Waals surface area contributed by atoms with Crippen molar-refractivity contribution in [1.82, 2.24) is 0 Å². The maximum atomic E-state index is 12.3. The first-order valence-corrected chi connectivity index (χ1v) is 6.34. The maximum Gasteiger partial charge on any atom is 0.325 e. The monoisotopic (exact) mass is 290 g/mol. The Hall–Kier alpha value is -2.61. The summed E-state index contributed by atoms with van der Waals surface area (Å²) in [5.74, 6) is -1.17. The van der Waals surface area contributed by atoms with E-state index in [9.17, 15) is 24.9 Å². The standard InChI is InChI=1S/C12H6N2O5S/c1-5-2-3-13(17)9-8(5)11(16)12-6(10(9)15)4-7(20-12)14(18)19/h2-4H,1H3. The number of thiophene rings is 1. The Bertz CT molecular complexity index is 750. The van der Waals surface area contributed by atoms with Gasteiger partial charge in [0, 0.05) is 12.1 Å². The van der Waals surface area contributed by atoms with Crippen LogP contribution in [0.4, 0.5) is 5.00 Å². The van der Waals surface area contributed by atoms with E-state index in [-0.39, 0.29) is 26.7 Å². The van der Waals surface area contributed by atoms with Gasteiger partial charge in [-0.15, -0.1) is 0 Å². The van der Waals surface area contributed by atoms with Gasteiger partial charge < -0.3 is 5.21 Å². The van der Waals surface area contributed by atoms with Crippen molar-refractivity contribution in [3.63, 3.8) is 0 Å². The largest absolute Gasteiger partial charge is 0.618 e. The van der Waals surface area contributed by atoms with Crippen LogP contribution in [0.3, 0.4) is 0 Å². The van der Waals surface area contributed by atoms with E-state index in [1.807, 2.05) is 0 Å². The molecule has 1 aliphatic rings. The molecule has 0 unspecified atom stereocenters. The number of pyridine rings is 1. The van der Waals surface area contributed by atoms with Crippen LogP contribution in [0.2, 0.25) is 0 Å². The van der Waals surface area contributed by atoms with Gasteiger partial charge >= 0.3 is 5.00 Å². The highest BCUT2D eigenvalue weighted by Crippen LogP contribution is 2.36. The molecule has 7 nitrogen and oxygen atoms in total. The van der Waals surface area contributed by atoms with Crippen molar-refractivity contribution < 1.29 is 19.2 Å². The molecule has 2 aromatic heterocycles. The second-order valence-corrected chi connectivity index (χ2v) is 5.32. The molecule has 0 saturated carbocycles. The van der Waals surface area contributed by atoms with Crippen molar-refractivity contribution in [3.05, 3.63) is 60.9 Å². The number of rotatable bonds is 1. The molecular formula is C12H6N2O5S. The summed E-state index contributed by atoms with van der Waals surface area (Å²) in [6, 6.07) is 2.48. The van der Waals surface area contributed by atoms with Crippen LogP contribution in [0.1, 0.15) is 36.9 Å². The summed E-state index contributed by atoms with van der Waals surface area (Å²) in [7, 11) is 0. The summed E-state index contributed by atoms with van der Waals surface area (Å²) in [6.07, 6.45) is 1.14. The zero-order chi connectivity index (χ0) is 14.6. The Labute approximate surface area is 115 Å². The molecule has 3 rings (SSSR count). The average Bonchev–Trinajstić information content (AvgIpc) is 2.84. The molecule has 0 saturated heterocycles. The lowest BCUT2D eigenvalue weighted by Crippen LogP contribution is -2.39. The van der Waals surface area contributed by atoms with E-state index < -0.39 is 16.5 Å². The molecule has 0 atom stereocenters. The van der Waals surface area contributed by atoms with Gasteiger partial charge in [-0.2, -0.15) is 4.73 Å². The van der Waals surface area contributed by atoms with Gasteiger partial charge in [-0.3, -0.25) is 19.7 Å². The first-order chi connectivity index (χ1) is 9.41. The number of nitrogens with zero attached hydrogens (tertiary/aromatic N) is 2. The second-order valence-electron chi connectivity index (χ2n) is 4.29. The minimum atomic E-state index is -0.660. The third-order valence-corrected chi connectivity index (χ3v) is 4.19. The lowest BCUT2D eigenvalue weighted by Gasteiger charge is -2.14. The second kappa shape index (κ2) is 3.94. The molecule has 2 heterocycles. The van der Waals surface area contributed by atoms with Gasteiger partial charge in [0.2, 0.25) is 5.78 Å². The summed E-state index contributed by atoms with van der Waals surface area (Å²) >= 11 is 0.653. The molecule has 0 bridgehead atoms. The molecule has 1 aliphatic carbocycles. The van der Waals surface area contributed by atoms with E-state index in [1.54, 1.807) is 6.92 Å². The van der Waals surface area contributed by atoms with E-state index in [4.69, 9.17) is 0 Å². The number of aromatic nitrogens is 1. The molecule has 0 aliphatic heterocycles. The minimum absolute atomic E-state index is 0.0171. The predicted octanol–water partition coefficient (Wildman–Crippen LogP) is 1.37. The van der Waals surface area contributed by atoms with Crippen molar-refractivity contribution in [2.45, 2.75) is 6.92 Å². The lowest BCUT2D eigenvalue weighted by atomic mass is 9.90. The van der Waals surface area contributed by atoms with Gasteiger partial charge in [0.1, 0.15) is 5.56 Å². The van der Waals surface area contributed by atoms with Crippen molar-refractivity contribution >= 4 is 27.9 Å². The number of carbonyl (C=O) groups is 2.